The number of hydrogen-bond donors (Lipinski definition) is 1. The minimum Gasteiger partial charge on any atom is -0.496 e. The summed E-state index contributed by atoms with van der Waals surface area (Å²) in [4.78, 5) is 3.99. The fraction of sp³-hybridized carbons (Fsp3) is 0.417. The topological polar surface area (TPSA) is 34.1 Å². The first-order chi connectivity index (χ1) is 7.83. The molecular formula is C12H15ClN2O. The molecule has 1 unspecified atom stereocenters. The van der Waals surface area contributed by atoms with E-state index in [0.29, 0.717) is 5.02 Å². The fourth-order valence-corrected chi connectivity index (χ4v) is 2.05. The Bertz CT molecular complexity index is 392. The Morgan fingerprint density at radius 2 is 2.50 bits per heavy atom. The van der Waals surface area contributed by atoms with Gasteiger partial charge >= 0.3 is 0 Å². The van der Waals surface area contributed by atoms with Gasteiger partial charge in [-0.3, -0.25) is 4.98 Å². The van der Waals surface area contributed by atoms with Crippen molar-refractivity contribution in [2.24, 2.45) is 0 Å². The van der Waals surface area contributed by atoms with E-state index >= 15 is 0 Å². The van der Waals surface area contributed by atoms with Crippen LogP contribution in [0.5, 0.6) is 0 Å². The second-order valence-electron chi connectivity index (χ2n) is 3.63. The molecule has 0 bridgehead atoms. The maximum absolute atomic E-state index is 6.15. The van der Waals surface area contributed by atoms with Gasteiger partial charge in [0.05, 0.1) is 17.7 Å². The SMILES string of the molecule is CCNC(C1=CCCO1)c1ccncc1Cl. The average Bonchev–Trinajstić information content (AvgIpc) is 2.80. The maximum Gasteiger partial charge on any atom is 0.114 e. The number of hydrogen-bond acceptors (Lipinski definition) is 3. The van der Waals surface area contributed by atoms with Crippen LogP contribution < -0.4 is 5.32 Å². The number of likely N-dealkylation sites (N-methyl/N-ethyl adjacent to an activating group) is 1. The minimum absolute atomic E-state index is 0.0444. The van der Waals surface area contributed by atoms with Crippen LogP contribution in [0.15, 0.2) is 30.3 Å². The molecule has 1 aliphatic rings. The number of rotatable bonds is 4. The molecule has 0 fully saturated rings. The van der Waals surface area contributed by atoms with Crippen molar-refractivity contribution in [3.63, 3.8) is 0 Å². The Hall–Kier alpha value is -1.06. The van der Waals surface area contributed by atoms with Gasteiger partial charge in [0.1, 0.15) is 5.76 Å². The van der Waals surface area contributed by atoms with Crippen LogP contribution in [0.4, 0.5) is 0 Å². The molecule has 0 radical (unpaired) electrons. The molecule has 1 atom stereocenters. The van der Waals surface area contributed by atoms with E-state index in [1.54, 1.807) is 12.4 Å². The van der Waals surface area contributed by atoms with E-state index in [1.165, 1.54) is 0 Å². The van der Waals surface area contributed by atoms with Crippen molar-refractivity contribution in [2.75, 3.05) is 13.2 Å². The normalized spacial score (nSPS) is 16.8. The summed E-state index contributed by atoms with van der Waals surface area (Å²) in [5, 5.41) is 4.05. The van der Waals surface area contributed by atoms with Crippen molar-refractivity contribution < 1.29 is 4.74 Å². The van der Waals surface area contributed by atoms with Crippen molar-refractivity contribution in [2.45, 2.75) is 19.4 Å². The van der Waals surface area contributed by atoms with E-state index in [2.05, 4.69) is 23.3 Å². The monoisotopic (exact) mass is 238 g/mol. The van der Waals surface area contributed by atoms with E-state index in [4.69, 9.17) is 16.3 Å². The second-order valence-corrected chi connectivity index (χ2v) is 4.04. The third-order valence-corrected chi connectivity index (χ3v) is 2.86. The zero-order valence-corrected chi connectivity index (χ0v) is 10.00. The van der Waals surface area contributed by atoms with Gasteiger partial charge in [-0.2, -0.15) is 0 Å². The van der Waals surface area contributed by atoms with Crippen LogP contribution >= 0.6 is 11.6 Å². The first kappa shape index (κ1) is 11.4. The molecule has 1 aromatic rings. The molecule has 1 N–H and O–H groups in total. The van der Waals surface area contributed by atoms with Crippen LogP contribution in [0.3, 0.4) is 0 Å². The number of ether oxygens (including phenoxy) is 1. The highest BCUT2D eigenvalue weighted by Gasteiger charge is 2.21. The second kappa shape index (κ2) is 5.32. The summed E-state index contributed by atoms with van der Waals surface area (Å²) in [5.74, 6) is 0.968. The Kier molecular flexibility index (Phi) is 3.80. The third kappa shape index (κ3) is 2.36. The largest absolute Gasteiger partial charge is 0.496 e. The van der Waals surface area contributed by atoms with E-state index in [-0.39, 0.29) is 6.04 Å². The van der Waals surface area contributed by atoms with Crippen LogP contribution in [0.1, 0.15) is 24.9 Å². The van der Waals surface area contributed by atoms with E-state index < -0.39 is 0 Å². The first-order valence-electron chi connectivity index (χ1n) is 5.48. The summed E-state index contributed by atoms with van der Waals surface area (Å²) in [6, 6.07) is 1.97. The van der Waals surface area contributed by atoms with Crippen LogP contribution in [-0.4, -0.2) is 18.1 Å². The predicted octanol–water partition coefficient (Wildman–Crippen LogP) is 2.69. The summed E-state index contributed by atoms with van der Waals surface area (Å²) in [7, 11) is 0. The van der Waals surface area contributed by atoms with Gasteiger partial charge in [0.2, 0.25) is 0 Å². The highest BCUT2D eigenvalue weighted by molar-refractivity contribution is 6.31. The molecule has 1 aromatic heterocycles. The summed E-state index contributed by atoms with van der Waals surface area (Å²) < 4.78 is 5.60. The molecule has 86 valence electrons. The Morgan fingerprint density at radius 1 is 1.62 bits per heavy atom. The number of aromatic nitrogens is 1. The van der Waals surface area contributed by atoms with E-state index in [9.17, 15) is 0 Å². The molecular weight excluding hydrogens is 224 g/mol. The number of nitrogens with zero attached hydrogens (tertiary/aromatic N) is 1. The molecule has 0 amide bonds. The van der Waals surface area contributed by atoms with E-state index in [0.717, 1.165) is 30.9 Å². The highest BCUT2D eigenvalue weighted by atomic mass is 35.5. The molecule has 1 aliphatic heterocycles. The van der Waals surface area contributed by atoms with Gasteiger partial charge in [-0.15, -0.1) is 0 Å². The van der Waals surface area contributed by atoms with Gasteiger partial charge in [0.25, 0.3) is 0 Å². The zero-order chi connectivity index (χ0) is 11.4. The summed E-state index contributed by atoms with van der Waals surface area (Å²) in [5.41, 5.74) is 1.02. The maximum atomic E-state index is 6.15. The molecule has 16 heavy (non-hydrogen) atoms. The van der Waals surface area contributed by atoms with Gasteiger partial charge < -0.3 is 10.1 Å². The Balaban J connectivity index is 2.28. The lowest BCUT2D eigenvalue weighted by Crippen LogP contribution is -2.23. The molecule has 0 spiro atoms. The number of pyridine rings is 1. The smallest absolute Gasteiger partial charge is 0.114 e. The standard InChI is InChI=1S/C12H15ClN2O/c1-2-15-12(11-4-3-7-16-11)9-5-6-14-8-10(9)13/h4-6,8,12,15H,2-3,7H2,1H3. The molecule has 3 nitrogen and oxygen atoms in total. The van der Waals surface area contributed by atoms with Crippen molar-refractivity contribution >= 4 is 11.6 Å². The fourth-order valence-electron chi connectivity index (χ4n) is 1.83. The van der Waals surface area contributed by atoms with Crippen molar-refractivity contribution in [3.8, 4) is 0 Å². The third-order valence-electron chi connectivity index (χ3n) is 2.54. The Labute approximate surface area is 100 Å². The van der Waals surface area contributed by atoms with Crippen LogP contribution in [0, 0.1) is 0 Å². The molecule has 2 rings (SSSR count). The number of nitrogens with one attached hydrogen (secondary N) is 1. The summed E-state index contributed by atoms with van der Waals surface area (Å²) >= 11 is 6.15. The molecule has 0 saturated carbocycles. The minimum atomic E-state index is 0.0444. The molecule has 2 heterocycles. The average molecular weight is 239 g/mol. The van der Waals surface area contributed by atoms with Crippen molar-refractivity contribution in [1.82, 2.24) is 10.3 Å². The van der Waals surface area contributed by atoms with Gasteiger partial charge in [0.15, 0.2) is 0 Å². The lowest BCUT2D eigenvalue weighted by atomic mass is 10.1. The van der Waals surface area contributed by atoms with Gasteiger partial charge in [0, 0.05) is 18.8 Å². The van der Waals surface area contributed by atoms with Gasteiger partial charge in [-0.25, -0.2) is 0 Å². The quantitative estimate of drug-likeness (QED) is 0.876. The predicted molar refractivity (Wildman–Crippen MR) is 64.3 cm³/mol. The van der Waals surface area contributed by atoms with Crippen molar-refractivity contribution in [3.05, 3.63) is 40.9 Å². The molecule has 0 aromatic carbocycles. The summed E-state index contributed by atoms with van der Waals surface area (Å²) in [6.07, 6.45) is 6.50. The van der Waals surface area contributed by atoms with Gasteiger partial charge in [-0.05, 0) is 24.3 Å². The zero-order valence-electron chi connectivity index (χ0n) is 9.24. The highest BCUT2D eigenvalue weighted by Crippen LogP contribution is 2.30. The van der Waals surface area contributed by atoms with Crippen LogP contribution in [0.25, 0.3) is 0 Å². The van der Waals surface area contributed by atoms with Crippen molar-refractivity contribution in [1.29, 1.82) is 0 Å². The first-order valence-corrected chi connectivity index (χ1v) is 5.86. The molecule has 4 heteroatoms. The molecule has 0 saturated heterocycles. The van der Waals surface area contributed by atoms with Gasteiger partial charge in [-0.1, -0.05) is 18.5 Å². The lowest BCUT2D eigenvalue weighted by Gasteiger charge is -2.20. The number of halogens is 1. The van der Waals surface area contributed by atoms with Crippen LogP contribution in [0.2, 0.25) is 5.02 Å². The summed E-state index contributed by atoms with van der Waals surface area (Å²) in [6.45, 7) is 3.70. The lowest BCUT2D eigenvalue weighted by molar-refractivity contribution is 0.216. The van der Waals surface area contributed by atoms with Crippen LogP contribution in [-0.2, 0) is 4.74 Å². The van der Waals surface area contributed by atoms with E-state index in [1.807, 2.05) is 6.07 Å². The Morgan fingerprint density at radius 3 is 3.12 bits per heavy atom. The molecule has 0 aliphatic carbocycles.